The minimum absolute atomic E-state index is 0.0265. The summed E-state index contributed by atoms with van der Waals surface area (Å²) in [6, 6.07) is 20.0. The standard InChI is InChI=1S/C26H20BrNO3/c1-15-23(16(2)29)25-22(28(15)18-9-11-19(30-3)12-10-18)13-21(27)26-24(25)20(14-31-26)17-7-5-4-6-8-17/h4-14H,1-3H3. The maximum atomic E-state index is 12.8. The number of carbonyl (C=O) groups excluding carboxylic acids is 1. The number of aromatic nitrogens is 1. The van der Waals surface area contributed by atoms with Crippen molar-refractivity contribution in [3.63, 3.8) is 0 Å². The molecule has 0 unspecified atom stereocenters. The molecule has 5 aromatic rings. The lowest BCUT2D eigenvalue weighted by atomic mass is 9.98. The van der Waals surface area contributed by atoms with Crippen LogP contribution in [0.5, 0.6) is 5.75 Å². The molecule has 2 heterocycles. The zero-order valence-corrected chi connectivity index (χ0v) is 19.0. The van der Waals surface area contributed by atoms with Crippen LogP contribution >= 0.6 is 15.9 Å². The molecular weight excluding hydrogens is 454 g/mol. The van der Waals surface area contributed by atoms with Crippen LogP contribution in [-0.4, -0.2) is 17.5 Å². The van der Waals surface area contributed by atoms with Gasteiger partial charge in [-0.1, -0.05) is 30.3 Å². The van der Waals surface area contributed by atoms with Crippen molar-refractivity contribution in [3.05, 3.63) is 82.7 Å². The number of carbonyl (C=O) groups is 1. The lowest BCUT2D eigenvalue weighted by Gasteiger charge is -2.10. The number of nitrogens with zero attached hydrogens (tertiary/aromatic N) is 1. The second kappa shape index (κ2) is 7.43. The van der Waals surface area contributed by atoms with Gasteiger partial charge in [0.15, 0.2) is 5.78 Å². The Balaban J connectivity index is 1.94. The fourth-order valence-electron chi connectivity index (χ4n) is 4.40. The number of ketones is 1. The van der Waals surface area contributed by atoms with Gasteiger partial charge in [-0.05, 0) is 65.7 Å². The molecule has 0 aliphatic rings. The van der Waals surface area contributed by atoms with Gasteiger partial charge in [0, 0.05) is 33.3 Å². The average Bonchev–Trinajstić information content (AvgIpc) is 3.34. The maximum absolute atomic E-state index is 12.8. The molecule has 0 fully saturated rings. The van der Waals surface area contributed by atoms with Gasteiger partial charge in [-0.2, -0.15) is 0 Å². The van der Waals surface area contributed by atoms with E-state index in [-0.39, 0.29) is 5.78 Å². The fourth-order valence-corrected chi connectivity index (χ4v) is 4.90. The summed E-state index contributed by atoms with van der Waals surface area (Å²) in [7, 11) is 1.65. The topological polar surface area (TPSA) is 44.4 Å². The van der Waals surface area contributed by atoms with E-state index in [4.69, 9.17) is 9.15 Å². The number of furan rings is 1. The van der Waals surface area contributed by atoms with Gasteiger partial charge >= 0.3 is 0 Å². The van der Waals surface area contributed by atoms with Gasteiger partial charge in [-0.15, -0.1) is 0 Å². The number of ether oxygens (including phenoxy) is 1. The Morgan fingerprint density at radius 1 is 1.03 bits per heavy atom. The van der Waals surface area contributed by atoms with Gasteiger partial charge in [-0.3, -0.25) is 4.79 Å². The van der Waals surface area contributed by atoms with E-state index < -0.39 is 0 Å². The predicted octanol–water partition coefficient (Wildman–Crippen LogP) is 7.33. The Hall–Kier alpha value is -3.31. The molecule has 0 atom stereocenters. The predicted molar refractivity (Wildman–Crippen MR) is 127 cm³/mol. The SMILES string of the molecule is COc1ccc(-n2c(C)c(C(C)=O)c3c4c(-c5ccccc5)coc4c(Br)cc32)cc1. The molecule has 5 heteroatoms. The minimum Gasteiger partial charge on any atom is -0.497 e. The van der Waals surface area contributed by atoms with Crippen molar-refractivity contribution in [1.29, 1.82) is 0 Å². The van der Waals surface area contributed by atoms with E-state index in [0.29, 0.717) is 5.56 Å². The molecule has 31 heavy (non-hydrogen) atoms. The Kier molecular flexibility index (Phi) is 4.71. The van der Waals surface area contributed by atoms with Crippen molar-refractivity contribution in [2.75, 3.05) is 7.11 Å². The monoisotopic (exact) mass is 473 g/mol. The first-order valence-electron chi connectivity index (χ1n) is 9.96. The summed E-state index contributed by atoms with van der Waals surface area (Å²) < 4.78 is 14.3. The average molecular weight is 474 g/mol. The second-order valence-electron chi connectivity index (χ2n) is 7.52. The van der Waals surface area contributed by atoms with Gasteiger partial charge in [0.1, 0.15) is 11.3 Å². The normalized spacial score (nSPS) is 11.4. The number of fused-ring (bicyclic) bond motifs is 3. The third kappa shape index (κ3) is 3.00. The first kappa shape index (κ1) is 19.6. The van der Waals surface area contributed by atoms with Crippen LogP contribution in [0, 0.1) is 6.92 Å². The Morgan fingerprint density at radius 3 is 2.39 bits per heavy atom. The molecule has 2 aromatic heterocycles. The Bertz CT molecular complexity index is 1440. The van der Waals surface area contributed by atoms with E-state index in [2.05, 4.69) is 32.6 Å². The third-order valence-corrected chi connectivity index (χ3v) is 6.32. The molecule has 4 nitrogen and oxygen atoms in total. The zero-order valence-electron chi connectivity index (χ0n) is 17.4. The third-order valence-electron chi connectivity index (χ3n) is 5.73. The molecule has 0 saturated carbocycles. The molecule has 0 saturated heterocycles. The number of rotatable bonds is 4. The molecule has 0 bridgehead atoms. The van der Waals surface area contributed by atoms with Crippen LogP contribution in [0.2, 0.25) is 0 Å². The molecule has 3 aromatic carbocycles. The van der Waals surface area contributed by atoms with E-state index in [1.165, 1.54) is 0 Å². The van der Waals surface area contributed by atoms with Crippen LogP contribution in [0.25, 0.3) is 38.7 Å². The smallest absolute Gasteiger partial charge is 0.162 e. The Labute approximate surface area is 188 Å². The Morgan fingerprint density at radius 2 is 1.74 bits per heavy atom. The molecule has 0 N–H and O–H groups in total. The molecule has 0 radical (unpaired) electrons. The molecule has 154 valence electrons. The van der Waals surface area contributed by atoms with Crippen LogP contribution in [0.3, 0.4) is 0 Å². The molecule has 0 aliphatic heterocycles. The molecule has 0 amide bonds. The number of hydrogen-bond donors (Lipinski definition) is 0. The first-order valence-corrected chi connectivity index (χ1v) is 10.8. The van der Waals surface area contributed by atoms with Crippen molar-refractivity contribution in [2.45, 2.75) is 13.8 Å². The first-order chi connectivity index (χ1) is 15.0. The van der Waals surface area contributed by atoms with Gasteiger partial charge in [0.05, 0.1) is 23.4 Å². The van der Waals surface area contributed by atoms with Gasteiger partial charge in [-0.25, -0.2) is 0 Å². The lowest BCUT2D eigenvalue weighted by Crippen LogP contribution is -1.99. The van der Waals surface area contributed by atoms with Crippen LogP contribution in [0.15, 0.2) is 75.8 Å². The molecule has 5 rings (SSSR count). The number of methoxy groups -OCH3 is 1. The second-order valence-corrected chi connectivity index (χ2v) is 8.38. The van der Waals surface area contributed by atoms with Crippen molar-refractivity contribution in [3.8, 4) is 22.6 Å². The van der Waals surface area contributed by atoms with E-state index in [9.17, 15) is 4.79 Å². The van der Waals surface area contributed by atoms with Crippen molar-refractivity contribution >= 4 is 43.6 Å². The fraction of sp³-hybridized carbons (Fsp3) is 0.115. The number of halogens is 1. The highest BCUT2D eigenvalue weighted by molar-refractivity contribution is 9.10. The minimum atomic E-state index is 0.0265. The van der Waals surface area contributed by atoms with E-state index in [0.717, 1.165) is 54.6 Å². The number of hydrogen-bond acceptors (Lipinski definition) is 3. The highest BCUT2D eigenvalue weighted by Crippen LogP contribution is 2.43. The summed E-state index contributed by atoms with van der Waals surface area (Å²) in [5.74, 6) is 0.813. The quantitative estimate of drug-likeness (QED) is 0.256. The van der Waals surface area contributed by atoms with Crippen LogP contribution in [0.1, 0.15) is 23.0 Å². The summed E-state index contributed by atoms with van der Waals surface area (Å²) in [6.45, 7) is 3.61. The molecule has 0 spiro atoms. The maximum Gasteiger partial charge on any atom is 0.162 e. The lowest BCUT2D eigenvalue weighted by molar-refractivity contribution is 0.101. The van der Waals surface area contributed by atoms with E-state index >= 15 is 0 Å². The largest absolute Gasteiger partial charge is 0.497 e. The number of benzene rings is 3. The summed E-state index contributed by atoms with van der Waals surface area (Å²) in [6.07, 6.45) is 1.77. The van der Waals surface area contributed by atoms with Crippen molar-refractivity contribution in [1.82, 2.24) is 4.57 Å². The summed E-state index contributed by atoms with van der Waals surface area (Å²) >= 11 is 3.69. The van der Waals surface area contributed by atoms with Crippen molar-refractivity contribution < 1.29 is 13.9 Å². The van der Waals surface area contributed by atoms with Crippen LogP contribution in [0.4, 0.5) is 0 Å². The van der Waals surface area contributed by atoms with E-state index in [1.807, 2.05) is 55.5 Å². The van der Waals surface area contributed by atoms with Crippen molar-refractivity contribution in [2.24, 2.45) is 0 Å². The van der Waals surface area contributed by atoms with Gasteiger partial charge in [0.2, 0.25) is 0 Å². The highest BCUT2D eigenvalue weighted by atomic mass is 79.9. The highest BCUT2D eigenvalue weighted by Gasteiger charge is 2.25. The summed E-state index contributed by atoms with van der Waals surface area (Å²) in [5, 5.41) is 1.85. The van der Waals surface area contributed by atoms with Gasteiger partial charge < -0.3 is 13.7 Å². The van der Waals surface area contributed by atoms with E-state index in [1.54, 1.807) is 20.3 Å². The summed E-state index contributed by atoms with van der Waals surface area (Å²) in [4.78, 5) is 12.8. The molecule has 0 aliphatic carbocycles. The zero-order chi connectivity index (χ0) is 21.7. The molecular formula is C26H20BrNO3. The van der Waals surface area contributed by atoms with Gasteiger partial charge in [0.25, 0.3) is 0 Å². The summed E-state index contributed by atoms with van der Waals surface area (Å²) in [5.41, 5.74) is 6.27. The van der Waals surface area contributed by atoms with Crippen LogP contribution in [-0.2, 0) is 0 Å². The van der Waals surface area contributed by atoms with Crippen LogP contribution < -0.4 is 4.74 Å². The number of Topliss-reactive ketones (excluding diaryl/α,β-unsaturated/α-hetero) is 1.